The molecule has 0 aliphatic rings. The fraction of sp³-hybridized carbons (Fsp3) is 0.462. The number of rotatable bonds is 7. The highest BCUT2D eigenvalue weighted by atomic mass is 35.5. The van der Waals surface area contributed by atoms with Gasteiger partial charge >= 0.3 is 0 Å². The van der Waals surface area contributed by atoms with Crippen molar-refractivity contribution < 1.29 is 4.74 Å². The molecule has 0 saturated carbocycles. The summed E-state index contributed by atoms with van der Waals surface area (Å²) in [6.45, 7) is 1.73. The van der Waals surface area contributed by atoms with E-state index >= 15 is 0 Å². The van der Waals surface area contributed by atoms with Gasteiger partial charge in [-0.2, -0.15) is 5.26 Å². The number of methoxy groups -OCH3 is 1. The van der Waals surface area contributed by atoms with Crippen LogP contribution >= 0.6 is 11.6 Å². The van der Waals surface area contributed by atoms with Crippen LogP contribution in [-0.2, 0) is 4.74 Å². The quantitative estimate of drug-likeness (QED) is 0.756. The summed E-state index contributed by atoms with van der Waals surface area (Å²) in [5.74, 6) is 0. The number of nitrogens with one attached hydrogen (secondary N) is 1. The van der Waals surface area contributed by atoms with Crippen LogP contribution in [0.15, 0.2) is 18.2 Å². The van der Waals surface area contributed by atoms with E-state index in [1.54, 1.807) is 19.2 Å². The molecule has 17 heavy (non-hydrogen) atoms. The first-order chi connectivity index (χ1) is 8.27. The van der Waals surface area contributed by atoms with Crippen molar-refractivity contribution in [2.75, 3.05) is 25.6 Å². The van der Waals surface area contributed by atoms with Gasteiger partial charge in [0.05, 0.1) is 10.6 Å². The van der Waals surface area contributed by atoms with Crippen LogP contribution in [0, 0.1) is 11.3 Å². The topological polar surface area (TPSA) is 45.0 Å². The lowest BCUT2D eigenvalue weighted by Crippen LogP contribution is -2.02. The molecular weight excluding hydrogens is 236 g/mol. The third-order valence-electron chi connectivity index (χ3n) is 2.44. The minimum atomic E-state index is 0.497. The lowest BCUT2D eigenvalue weighted by Gasteiger charge is -2.07. The molecule has 1 aromatic rings. The van der Waals surface area contributed by atoms with Gasteiger partial charge in [0.2, 0.25) is 0 Å². The number of benzene rings is 1. The largest absolute Gasteiger partial charge is 0.385 e. The third kappa shape index (κ3) is 5.08. The van der Waals surface area contributed by atoms with Gasteiger partial charge in [-0.1, -0.05) is 11.6 Å². The lowest BCUT2D eigenvalue weighted by molar-refractivity contribution is 0.192. The maximum Gasteiger partial charge on any atom is 0.101 e. The van der Waals surface area contributed by atoms with Gasteiger partial charge in [0, 0.05) is 25.9 Å². The fourth-order valence-corrected chi connectivity index (χ4v) is 1.72. The molecule has 0 amide bonds. The summed E-state index contributed by atoms with van der Waals surface area (Å²) >= 11 is 5.93. The summed E-state index contributed by atoms with van der Waals surface area (Å²) in [6.07, 6.45) is 3.33. The SMILES string of the molecule is COCCCCCNc1ccc(C#N)c(Cl)c1. The average Bonchev–Trinajstić information content (AvgIpc) is 2.34. The number of ether oxygens (including phenoxy) is 1. The molecule has 1 aromatic carbocycles. The first-order valence-corrected chi connectivity index (χ1v) is 6.08. The molecule has 0 aliphatic heterocycles. The number of hydrogen-bond donors (Lipinski definition) is 1. The first kappa shape index (κ1) is 13.8. The van der Waals surface area contributed by atoms with Crippen molar-refractivity contribution in [3.05, 3.63) is 28.8 Å². The summed E-state index contributed by atoms with van der Waals surface area (Å²) < 4.78 is 4.98. The van der Waals surface area contributed by atoms with Gasteiger partial charge in [-0.25, -0.2) is 0 Å². The van der Waals surface area contributed by atoms with Crippen LogP contribution < -0.4 is 5.32 Å². The number of hydrogen-bond acceptors (Lipinski definition) is 3. The third-order valence-corrected chi connectivity index (χ3v) is 2.76. The Hall–Kier alpha value is -1.24. The second kappa shape index (κ2) is 7.94. The molecule has 0 radical (unpaired) electrons. The minimum Gasteiger partial charge on any atom is -0.385 e. The summed E-state index contributed by atoms with van der Waals surface area (Å²) in [5.41, 5.74) is 1.47. The number of nitrogens with zero attached hydrogens (tertiary/aromatic N) is 1. The Labute approximate surface area is 107 Å². The molecule has 0 bridgehead atoms. The molecule has 1 rings (SSSR count). The Bertz CT molecular complexity index is 387. The summed E-state index contributed by atoms with van der Waals surface area (Å²) in [7, 11) is 1.72. The van der Waals surface area contributed by atoms with Crippen LogP contribution in [0.4, 0.5) is 5.69 Å². The molecule has 3 nitrogen and oxygen atoms in total. The van der Waals surface area contributed by atoms with Gasteiger partial charge in [0.15, 0.2) is 0 Å². The highest BCUT2D eigenvalue weighted by molar-refractivity contribution is 6.32. The number of halogens is 1. The monoisotopic (exact) mass is 252 g/mol. The van der Waals surface area contributed by atoms with E-state index in [-0.39, 0.29) is 0 Å². The molecule has 0 saturated heterocycles. The fourth-order valence-electron chi connectivity index (χ4n) is 1.50. The smallest absolute Gasteiger partial charge is 0.101 e. The minimum absolute atomic E-state index is 0.497. The van der Waals surface area contributed by atoms with Crippen molar-refractivity contribution in [2.24, 2.45) is 0 Å². The molecule has 0 aromatic heterocycles. The normalized spacial score (nSPS) is 9.94. The summed E-state index contributed by atoms with van der Waals surface area (Å²) in [6, 6.07) is 7.43. The van der Waals surface area contributed by atoms with Crippen LogP contribution in [0.2, 0.25) is 5.02 Å². The maximum absolute atomic E-state index is 8.74. The van der Waals surface area contributed by atoms with Gasteiger partial charge in [-0.15, -0.1) is 0 Å². The van der Waals surface area contributed by atoms with Crippen LogP contribution in [0.3, 0.4) is 0 Å². The van der Waals surface area contributed by atoms with Gasteiger partial charge < -0.3 is 10.1 Å². The van der Waals surface area contributed by atoms with E-state index in [9.17, 15) is 0 Å². The lowest BCUT2D eigenvalue weighted by atomic mass is 10.2. The number of nitriles is 1. The van der Waals surface area contributed by atoms with Crippen LogP contribution in [0.1, 0.15) is 24.8 Å². The van der Waals surface area contributed by atoms with Gasteiger partial charge in [0.1, 0.15) is 6.07 Å². The van der Waals surface area contributed by atoms with Crippen molar-refractivity contribution in [1.82, 2.24) is 0 Å². The molecule has 0 spiro atoms. The zero-order chi connectivity index (χ0) is 12.5. The highest BCUT2D eigenvalue weighted by Gasteiger charge is 2.00. The Morgan fingerprint density at radius 3 is 2.82 bits per heavy atom. The predicted octanol–water partition coefficient (Wildman–Crippen LogP) is 3.44. The summed E-state index contributed by atoms with van der Waals surface area (Å²) in [5, 5.41) is 12.5. The molecule has 0 heterocycles. The zero-order valence-corrected chi connectivity index (χ0v) is 10.8. The highest BCUT2D eigenvalue weighted by Crippen LogP contribution is 2.20. The molecule has 1 N–H and O–H groups in total. The van der Waals surface area contributed by atoms with E-state index < -0.39 is 0 Å². The van der Waals surface area contributed by atoms with Crippen LogP contribution in [-0.4, -0.2) is 20.3 Å². The number of unbranched alkanes of at least 4 members (excludes halogenated alkanes) is 2. The van der Waals surface area contributed by atoms with Crippen molar-refractivity contribution >= 4 is 17.3 Å². The predicted molar refractivity (Wildman–Crippen MR) is 70.4 cm³/mol. The van der Waals surface area contributed by atoms with E-state index in [4.69, 9.17) is 21.6 Å². The van der Waals surface area contributed by atoms with Crippen molar-refractivity contribution in [2.45, 2.75) is 19.3 Å². The Morgan fingerprint density at radius 1 is 1.35 bits per heavy atom. The van der Waals surface area contributed by atoms with Crippen LogP contribution in [0.25, 0.3) is 0 Å². The van der Waals surface area contributed by atoms with E-state index in [1.807, 2.05) is 12.1 Å². The van der Waals surface area contributed by atoms with Gasteiger partial charge in [0.25, 0.3) is 0 Å². The van der Waals surface area contributed by atoms with E-state index in [0.717, 1.165) is 38.1 Å². The Kier molecular flexibility index (Phi) is 6.46. The van der Waals surface area contributed by atoms with E-state index in [1.165, 1.54) is 0 Å². The van der Waals surface area contributed by atoms with Crippen molar-refractivity contribution in [1.29, 1.82) is 5.26 Å². The maximum atomic E-state index is 8.74. The standard InChI is InChI=1S/C13H17ClN2O/c1-17-8-4-2-3-7-16-12-6-5-11(10-15)13(14)9-12/h5-6,9,16H,2-4,7-8H2,1H3. The molecular formula is C13H17ClN2O. The molecule has 4 heteroatoms. The average molecular weight is 253 g/mol. The van der Waals surface area contributed by atoms with E-state index in [2.05, 4.69) is 5.32 Å². The second-order valence-corrected chi connectivity index (χ2v) is 4.19. The first-order valence-electron chi connectivity index (χ1n) is 5.70. The van der Waals surface area contributed by atoms with Crippen molar-refractivity contribution in [3.8, 4) is 6.07 Å². The van der Waals surface area contributed by atoms with Crippen molar-refractivity contribution in [3.63, 3.8) is 0 Å². The Morgan fingerprint density at radius 2 is 2.18 bits per heavy atom. The van der Waals surface area contributed by atoms with Gasteiger partial charge in [-0.3, -0.25) is 0 Å². The summed E-state index contributed by atoms with van der Waals surface area (Å²) in [4.78, 5) is 0. The van der Waals surface area contributed by atoms with Gasteiger partial charge in [-0.05, 0) is 37.5 Å². The van der Waals surface area contributed by atoms with Crippen LogP contribution in [0.5, 0.6) is 0 Å². The molecule has 0 atom stereocenters. The zero-order valence-electron chi connectivity index (χ0n) is 10.0. The second-order valence-electron chi connectivity index (χ2n) is 3.79. The molecule has 0 unspecified atom stereocenters. The van der Waals surface area contributed by atoms with E-state index in [0.29, 0.717) is 10.6 Å². The molecule has 92 valence electrons. The molecule has 0 aliphatic carbocycles. The number of anilines is 1. The molecule has 0 fully saturated rings. The Balaban J connectivity index is 2.28.